The number of carboxylic acids is 2. The first-order valence-corrected chi connectivity index (χ1v) is 6.08. The van der Waals surface area contributed by atoms with Gasteiger partial charge in [0, 0.05) is 18.8 Å². The maximum atomic E-state index is 11.5. The Morgan fingerprint density at radius 1 is 1.24 bits per heavy atom. The van der Waals surface area contributed by atoms with Crippen LogP contribution in [0.5, 0.6) is 0 Å². The predicted molar refractivity (Wildman–Crippen MR) is 73.7 cm³/mol. The van der Waals surface area contributed by atoms with Crippen molar-refractivity contribution in [1.29, 1.82) is 0 Å². The van der Waals surface area contributed by atoms with Crippen molar-refractivity contribution in [2.75, 3.05) is 18.0 Å². The van der Waals surface area contributed by atoms with Crippen molar-refractivity contribution in [2.45, 2.75) is 6.92 Å². The molecule has 2 N–H and O–H groups in total. The molecule has 2 rings (SSSR count). The van der Waals surface area contributed by atoms with Gasteiger partial charge in [0.2, 0.25) is 0 Å². The Morgan fingerprint density at radius 2 is 1.81 bits per heavy atom. The number of carboxylic acid groups (broad SMARTS) is 2. The molecule has 8 heteroatoms. The van der Waals surface area contributed by atoms with Crippen molar-refractivity contribution in [3.63, 3.8) is 0 Å². The Hall–Kier alpha value is -2.77. The van der Waals surface area contributed by atoms with Crippen LogP contribution < -0.4 is 10.7 Å². The van der Waals surface area contributed by atoms with Crippen LogP contribution in [0.4, 0.5) is 5.69 Å². The predicted octanol–water partition coefficient (Wildman–Crippen LogP) is 0.416. The zero-order valence-corrected chi connectivity index (χ0v) is 11.5. The Morgan fingerprint density at radius 3 is 2.33 bits per heavy atom. The van der Waals surface area contributed by atoms with Gasteiger partial charge in [-0.25, -0.2) is 4.79 Å². The summed E-state index contributed by atoms with van der Waals surface area (Å²) in [5.74, 6) is -2.83. The van der Waals surface area contributed by atoms with Crippen LogP contribution in [0, 0.1) is 6.92 Å². The second-order valence-corrected chi connectivity index (χ2v) is 4.68. The quantitative estimate of drug-likeness (QED) is 0.821. The minimum absolute atomic E-state index is 0.281. The zero-order valence-electron chi connectivity index (χ0n) is 11.5. The topological polar surface area (TPSA) is 113 Å². The van der Waals surface area contributed by atoms with Crippen LogP contribution in [-0.4, -0.2) is 39.8 Å². The highest BCUT2D eigenvalue weighted by Crippen LogP contribution is 2.26. The van der Waals surface area contributed by atoms with Crippen molar-refractivity contribution in [2.24, 2.45) is 7.05 Å². The molecule has 1 aromatic carbocycles. The maximum Gasteiger partial charge on any atom is 0.419 e. The van der Waals surface area contributed by atoms with E-state index in [2.05, 4.69) is 0 Å². The molecule has 8 nitrogen and oxygen atoms in total. The molecule has 0 aliphatic heterocycles. The van der Waals surface area contributed by atoms with E-state index in [1.165, 1.54) is 15.5 Å². The van der Waals surface area contributed by atoms with Crippen LogP contribution in [0.3, 0.4) is 0 Å². The number of aryl methyl sites for hydroxylation is 2. The summed E-state index contributed by atoms with van der Waals surface area (Å²) in [6.45, 7) is 0.786. The molecule has 0 atom stereocenters. The van der Waals surface area contributed by atoms with Crippen molar-refractivity contribution in [1.82, 2.24) is 4.57 Å². The number of rotatable bonds is 5. The van der Waals surface area contributed by atoms with Gasteiger partial charge in [0.25, 0.3) is 0 Å². The minimum Gasteiger partial charge on any atom is -0.480 e. The average molecular weight is 294 g/mol. The third-order valence-corrected chi connectivity index (χ3v) is 3.10. The first kappa shape index (κ1) is 14.6. The molecule has 0 aliphatic carbocycles. The van der Waals surface area contributed by atoms with E-state index in [0.29, 0.717) is 16.8 Å². The fraction of sp³-hybridized carbons (Fsp3) is 0.308. The summed E-state index contributed by atoms with van der Waals surface area (Å²) >= 11 is 0. The Bertz CT molecular complexity index is 757. The van der Waals surface area contributed by atoms with Gasteiger partial charge in [0.1, 0.15) is 13.1 Å². The molecule has 2 aromatic rings. The van der Waals surface area contributed by atoms with E-state index in [0.717, 1.165) is 0 Å². The minimum atomic E-state index is -1.15. The molecule has 0 saturated heterocycles. The molecule has 21 heavy (non-hydrogen) atoms. The average Bonchev–Trinajstić information content (AvgIpc) is 2.63. The van der Waals surface area contributed by atoms with E-state index in [1.54, 1.807) is 20.0 Å². The van der Waals surface area contributed by atoms with E-state index < -0.39 is 30.8 Å². The molecule has 0 spiro atoms. The molecule has 1 heterocycles. The second kappa shape index (κ2) is 5.31. The van der Waals surface area contributed by atoms with Gasteiger partial charge in [-0.05, 0) is 18.6 Å². The molecule has 0 unspecified atom stereocenters. The number of anilines is 1. The van der Waals surface area contributed by atoms with Gasteiger partial charge in [-0.1, -0.05) is 0 Å². The normalized spacial score (nSPS) is 10.8. The molecule has 0 saturated carbocycles. The van der Waals surface area contributed by atoms with Gasteiger partial charge in [-0.2, -0.15) is 0 Å². The van der Waals surface area contributed by atoms with E-state index in [4.69, 9.17) is 14.6 Å². The van der Waals surface area contributed by atoms with Crippen molar-refractivity contribution < 1.29 is 24.2 Å². The third kappa shape index (κ3) is 2.88. The van der Waals surface area contributed by atoms with Gasteiger partial charge in [0.05, 0.1) is 5.52 Å². The molecule has 0 amide bonds. The summed E-state index contributed by atoms with van der Waals surface area (Å²) < 4.78 is 6.36. The third-order valence-electron chi connectivity index (χ3n) is 3.10. The lowest BCUT2D eigenvalue weighted by atomic mass is 10.1. The van der Waals surface area contributed by atoms with Gasteiger partial charge < -0.3 is 19.5 Å². The smallest absolute Gasteiger partial charge is 0.419 e. The largest absolute Gasteiger partial charge is 0.480 e. The Kier molecular flexibility index (Phi) is 3.70. The zero-order chi connectivity index (χ0) is 15.7. The van der Waals surface area contributed by atoms with Crippen LogP contribution in [0.2, 0.25) is 0 Å². The fourth-order valence-electron chi connectivity index (χ4n) is 2.16. The number of carbonyl (C=O) groups is 2. The van der Waals surface area contributed by atoms with Crippen molar-refractivity contribution in [3.8, 4) is 0 Å². The van der Waals surface area contributed by atoms with Gasteiger partial charge in [-0.15, -0.1) is 0 Å². The van der Waals surface area contributed by atoms with Crippen LogP contribution in [0.15, 0.2) is 21.3 Å². The van der Waals surface area contributed by atoms with Crippen LogP contribution in [-0.2, 0) is 16.6 Å². The molecule has 112 valence electrons. The SMILES string of the molecule is Cc1cc2c(cc1N(CC(=O)O)CC(=O)O)oc(=O)n2C. The number of nitrogens with zero attached hydrogens (tertiary/aromatic N) is 2. The van der Waals surface area contributed by atoms with E-state index in [1.807, 2.05) is 0 Å². The summed E-state index contributed by atoms with van der Waals surface area (Å²) in [6.07, 6.45) is 0. The molecule has 0 fully saturated rings. The van der Waals surface area contributed by atoms with Crippen molar-refractivity contribution in [3.05, 3.63) is 28.2 Å². The molecule has 0 radical (unpaired) electrons. The molecule has 1 aromatic heterocycles. The Labute approximate surface area is 118 Å². The first-order valence-electron chi connectivity index (χ1n) is 6.08. The lowest BCUT2D eigenvalue weighted by Crippen LogP contribution is -2.34. The lowest BCUT2D eigenvalue weighted by Gasteiger charge is -2.22. The van der Waals surface area contributed by atoms with Crippen molar-refractivity contribution >= 4 is 28.7 Å². The van der Waals surface area contributed by atoms with E-state index in [-0.39, 0.29) is 5.58 Å². The van der Waals surface area contributed by atoms with Crippen LogP contribution >= 0.6 is 0 Å². The number of oxazole rings is 1. The van der Waals surface area contributed by atoms with Crippen LogP contribution in [0.25, 0.3) is 11.1 Å². The number of fused-ring (bicyclic) bond motifs is 1. The molecular formula is C13H14N2O6. The highest BCUT2D eigenvalue weighted by Gasteiger charge is 2.18. The number of hydrogen-bond acceptors (Lipinski definition) is 5. The second-order valence-electron chi connectivity index (χ2n) is 4.68. The number of hydrogen-bond donors (Lipinski definition) is 2. The van der Waals surface area contributed by atoms with E-state index in [9.17, 15) is 14.4 Å². The summed E-state index contributed by atoms with van der Waals surface area (Å²) in [5, 5.41) is 17.8. The highest BCUT2D eigenvalue weighted by molar-refractivity contribution is 5.85. The molecule has 0 aliphatic rings. The summed E-state index contributed by atoms with van der Waals surface area (Å²) in [4.78, 5) is 34.5. The summed E-state index contributed by atoms with van der Waals surface area (Å²) in [5.41, 5.74) is 1.90. The summed E-state index contributed by atoms with van der Waals surface area (Å²) in [6, 6.07) is 3.14. The summed E-state index contributed by atoms with van der Waals surface area (Å²) in [7, 11) is 1.56. The molecule has 0 bridgehead atoms. The number of aliphatic carboxylic acids is 2. The fourth-order valence-corrected chi connectivity index (χ4v) is 2.16. The Balaban J connectivity index is 2.56. The van der Waals surface area contributed by atoms with Gasteiger partial charge in [0.15, 0.2) is 5.58 Å². The number of aromatic nitrogens is 1. The lowest BCUT2D eigenvalue weighted by molar-refractivity contribution is -0.136. The van der Waals surface area contributed by atoms with Gasteiger partial charge in [-0.3, -0.25) is 14.2 Å². The monoisotopic (exact) mass is 294 g/mol. The molecular weight excluding hydrogens is 280 g/mol. The standard InChI is InChI=1S/C13H14N2O6/c1-7-3-9-10(21-13(20)14(9)2)4-8(7)15(5-11(16)17)6-12(18)19/h3-4H,5-6H2,1-2H3,(H,16,17)(H,18,19). The van der Waals surface area contributed by atoms with Gasteiger partial charge >= 0.3 is 17.7 Å². The first-order chi connectivity index (χ1) is 9.79. The number of benzene rings is 1. The van der Waals surface area contributed by atoms with Crippen LogP contribution in [0.1, 0.15) is 5.56 Å². The highest BCUT2D eigenvalue weighted by atomic mass is 16.4. The maximum absolute atomic E-state index is 11.5. The van der Waals surface area contributed by atoms with E-state index >= 15 is 0 Å².